The summed E-state index contributed by atoms with van der Waals surface area (Å²) >= 11 is 5.99. The molecule has 7 heteroatoms. The first-order valence-corrected chi connectivity index (χ1v) is 9.81. The van der Waals surface area contributed by atoms with E-state index in [1.54, 1.807) is 41.0 Å². The summed E-state index contributed by atoms with van der Waals surface area (Å²) in [7, 11) is 0. The highest BCUT2D eigenvalue weighted by Crippen LogP contribution is 2.18. The van der Waals surface area contributed by atoms with Gasteiger partial charge in [-0.2, -0.15) is 0 Å². The Morgan fingerprint density at radius 2 is 1.70 bits per heavy atom. The van der Waals surface area contributed by atoms with Gasteiger partial charge in [0.05, 0.1) is 17.6 Å². The van der Waals surface area contributed by atoms with Crippen molar-refractivity contribution >= 4 is 40.1 Å². The number of aromatic nitrogens is 2. The molecule has 1 heterocycles. The molecule has 1 aromatic heterocycles. The summed E-state index contributed by atoms with van der Waals surface area (Å²) in [5.74, 6) is 0.190. The van der Waals surface area contributed by atoms with Gasteiger partial charge in [-0.15, -0.1) is 0 Å². The molecule has 0 radical (unpaired) electrons. The average Bonchev–Trinajstić information content (AvgIpc) is 3.10. The lowest BCUT2D eigenvalue weighted by Gasteiger charge is -2.11. The first-order valence-electron chi connectivity index (χ1n) is 9.43. The van der Waals surface area contributed by atoms with Crippen molar-refractivity contribution in [2.24, 2.45) is 0 Å². The number of nitrogens with one attached hydrogen (secondary N) is 2. The normalized spacial score (nSPS) is 10.7. The number of carbonyl (C=O) groups excluding carboxylic acids is 2. The van der Waals surface area contributed by atoms with Crippen LogP contribution < -0.4 is 10.6 Å². The van der Waals surface area contributed by atoms with Gasteiger partial charge in [-0.1, -0.05) is 48.0 Å². The highest BCUT2D eigenvalue weighted by molar-refractivity contribution is 6.30. The van der Waals surface area contributed by atoms with E-state index in [1.165, 1.54) is 0 Å². The molecule has 0 unspecified atom stereocenters. The summed E-state index contributed by atoms with van der Waals surface area (Å²) in [4.78, 5) is 29.7. The van der Waals surface area contributed by atoms with E-state index in [-0.39, 0.29) is 24.9 Å². The van der Waals surface area contributed by atoms with Crippen molar-refractivity contribution in [3.63, 3.8) is 0 Å². The standard InChI is InChI=1S/C23H19ClN4O2/c24-17-9-6-10-18(13-17)26-22(29)15-28-20-12-5-4-11-19(20)27-21(28)14-25-23(30)16-7-2-1-3-8-16/h1-13H,14-15H2,(H,25,30)(H,26,29). The van der Waals surface area contributed by atoms with Crippen LogP contribution in [0.1, 0.15) is 16.2 Å². The van der Waals surface area contributed by atoms with Crippen LogP contribution in [0.5, 0.6) is 0 Å². The van der Waals surface area contributed by atoms with Gasteiger partial charge < -0.3 is 15.2 Å². The lowest BCUT2D eigenvalue weighted by molar-refractivity contribution is -0.116. The van der Waals surface area contributed by atoms with E-state index >= 15 is 0 Å². The zero-order valence-electron chi connectivity index (χ0n) is 16.0. The van der Waals surface area contributed by atoms with E-state index in [4.69, 9.17) is 11.6 Å². The third-order valence-corrected chi connectivity index (χ3v) is 4.82. The molecular weight excluding hydrogens is 400 g/mol. The Bertz CT molecular complexity index is 1200. The van der Waals surface area contributed by atoms with Gasteiger partial charge in [0.25, 0.3) is 5.91 Å². The quantitative estimate of drug-likeness (QED) is 0.491. The van der Waals surface area contributed by atoms with Crippen LogP contribution in [0.3, 0.4) is 0 Å². The van der Waals surface area contributed by atoms with E-state index in [0.717, 1.165) is 11.0 Å². The molecule has 0 bridgehead atoms. The number of nitrogens with zero attached hydrogens (tertiary/aromatic N) is 2. The topological polar surface area (TPSA) is 76.0 Å². The van der Waals surface area contributed by atoms with Gasteiger partial charge in [0.2, 0.25) is 5.91 Å². The predicted molar refractivity (Wildman–Crippen MR) is 117 cm³/mol. The number of para-hydroxylation sites is 2. The van der Waals surface area contributed by atoms with Crippen molar-refractivity contribution in [2.45, 2.75) is 13.1 Å². The average molecular weight is 419 g/mol. The number of fused-ring (bicyclic) bond motifs is 1. The number of anilines is 1. The van der Waals surface area contributed by atoms with Gasteiger partial charge >= 0.3 is 0 Å². The smallest absolute Gasteiger partial charge is 0.251 e. The first kappa shape index (κ1) is 19.7. The lowest BCUT2D eigenvalue weighted by atomic mass is 10.2. The molecule has 0 aliphatic carbocycles. The van der Waals surface area contributed by atoms with Gasteiger partial charge in [0.1, 0.15) is 12.4 Å². The van der Waals surface area contributed by atoms with Crippen molar-refractivity contribution < 1.29 is 9.59 Å². The fraction of sp³-hybridized carbons (Fsp3) is 0.0870. The van der Waals surface area contributed by atoms with Gasteiger partial charge in [-0.3, -0.25) is 9.59 Å². The van der Waals surface area contributed by atoms with Crippen molar-refractivity contribution in [3.8, 4) is 0 Å². The molecule has 0 aliphatic heterocycles. The van der Waals surface area contributed by atoms with Crippen LogP contribution >= 0.6 is 11.6 Å². The van der Waals surface area contributed by atoms with Crippen LogP contribution in [0.15, 0.2) is 78.9 Å². The van der Waals surface area contributed by atoms with Gasteiger partial charge in [-0.25, -0.2) is 4.98 Å². The summed E-state index contributed by atoms with van der Waals surface area (Å²) < 4.78 is 1.81. The molecule has 30 heavy (non-hydrogen) atoms. The number of hydrogen-bond donors (Lipinski definition) is 2. The number of amides is 2. The van der Waals surface area contributed by atoms with Crippen molar-refractivity contribution in [2.75, 3.05) is 5.32 Å². The molecule has 6 nitrogen and oxygen atoms in total. The lowest BCUT2D eigenvalue weighted by Crippen LogP contribution is -2.26. The van der Waals surface area contributed by atoms with E-state index in [2.05, 4.69) is 15.6 Å². The molecule has 0 saturated heterocycles. The summed E-state index contributed by atoms with van der Waals surface area (Å²) in [5.41, 5.74) is 2.77. The van der Waals surface area contributed by atoms with Crippen molar-refractivity contribution in [3.05, 3.63) is 95.3 Å². The number of imidazole rings is 1. The number of hydrogen-bond acceptors (Lipinski definition) is 3. The van der Waals surface area contributed by atoms with E-state index in [0.29, 0.717) is 22.1 Å². The Morgan fingerprint density at radius 3 is 2.50 bits per heavy atom. The van der Waals surface area contributed by atoms with Crippen LogP contribution in [0.4, 0.5) is 5.69 Å². The first-order chi connectivity index (χ1) is 14.6. The summed E-state index contributed by atoms with van der Waals surface area (Å²) in [6.45, 7) is 0.260. The maximum Gasteiger partial charge on any atom is 0.251 e. The minimum Gasteiger partial charge on any atom is -0.345 e. The number of rotatable bonds is 6. The molecule has 0 atom stereocenters. The molecule has 3 aromatic carbocycles. The highest BCUT2D eigenvalue weighted by atomic mass is 35.5. The maximum atomic E-state index is 12.7. The Hall–Kier alpha value is -3.64. The number of carbonyl (C=O) groups is 2. The van der Waals surface area contributed by atoms with Crippen LogP contribution in [0, 0.1) is 0 Å². The van der Waals surface area contributed by atoms with Gasteiger partial charge in [0.15, 0.2) is 0 Å². The second-order valence-corrected chi connectivity index (χ2v) is 7.15. The highest BCUT2D eigenvalue weighted by Gasteiger charge is 2.15. The molecule has 4 rings (SSSR count). The maximum absolute atomic E-state index is 12.7. The minimum atomic E-state index is -0.212. The monoisotopic (exact) mass is 418 g/mol. The van der Waals surface area contributed by atoms with Crippen LogP contribution in [-0.2, 0) is 17.9 Å². The molecule has 0 spiro atoms. The Kier molecular flexibility index (Phi) is 5.77. The summed E-state index contributed by atoms with van der Waals surface area (Å²) in [6, 6.07) is 23.5. The SMILES string of the molecule is O=C(Cn1c(CNC(=O)c2ccccc2)nc2ccccc21)Nc1cccc(Cl)c1. The fourth-order valence-corrected chi connectivity index (χ4v) is 3.39. The van der Waals surface area contributed by atoms with Crippen LogP contribution in [0.2, 0.25) is 5.02 Å². The molecule has 0 fully saturated rings. The fourth-order valence-electron chi connectivity index (χ4n) is 3.20. The Balaban J connectivity index is 1.54. The molecular formula is C23H19ClN4O2. The van der Waals surface area contributed by atoms with Gasteiger partial charge in [-0.05, 0) is 42.5 Å². The molecule has 2 amide bonds. The molecule has 0 aliphatic rings. The Morgan fingerprint density at radius 1 is 0.933 bits per heavy atom. The van der Waals surface area contributed by atoms with Gasteiger partial charge in [0, 0.05) is 16.3 Å². The molecule has 150 valence electrons. The third-order valence-electron chi connectivity index (χ3n) is 4.59. The van der Waals surface area contributed by atoms with Crippen LogP contribution in [-0.4, -0.2) is 21.4 Å². The summed E-state index contributed by atoms with van der Waals surface area (Å²) in [6.07, 6.45) is 0. The molecule has 4 aromatic rings. The Labute approximate surface area is 178 Å². The van der Waals surface area contributed by atoms with E-state index in [1.807, 2.05) is 42.5 Å². The summed E-state index contributed by atoms with van der Waals surface area (Å²) in [5, 5.41) is 6.27. The minimum absolute atomic E-state index is 0.0591. The molecule has 2 N–H and O–H groups in total. The molecule has 0 saturated carbocycles. The largest absolute Gasteiger partial charge is 0.345 e. The van der Waals surface area contributed by atoms with E-state index < -0.39 is 0 Å². The van der Waals surface area contributed by atoms with E-state index in [9.17, 15) is 9.59 Å². The zero-order chi connectivity index (χ0) is 20.9. The second-order valence-electron chi connectivity index (χ2n) is 6.71. The third kappa shape index (κ3) is 4.50. The van der Waals surface area contributed by atoms with Crippen molar-refractivity contribution in [1.29, 1.82) is 0 Å². The predicted octanol–water partition coefficient (Wildman–Crippen LogP) is 4.26. The van der Waals surface area contributed by atoms with Crippen LogP contribution in [0.25, 0.3) is 11.0 Å². The number of benzene rings is 3. The number of halogens is 1. The zero-order valence-corrected chi connectivity index (χ0v) is 16.8. The second kappa shape index (κ2) is 8.80. The van der Waals surface area contributed by atoms with Crippen molar-refractivity contribution in [1.82, 2.24) is 14.9 Å².